The minimum absolute atomic E-state index is 0.0898. The van der Waals surface area contributed by atoms with Gasteiger partial charge in [-0.1, -0.05) is 109 Å². The molecule has 0 radical (unpaired) electrons. The largest absolute Gasteiger partial charge is 0.498 e. The number of ether oxygens (including phenoxy) is 3. The van der Waals surface area contributed by atoms with Gasteiger partial charge in [-0.05, 0) is 89.3 Å². The summed E-state index contributed by atoms with van der Waals surface area (Å²) < 4.78 is 21.2. The lowest BCUT2D eigenvalue weighted by molar-refractivity contribution is -0.153. The summed E-state index contributed by atoms with van der Waals surface area (Å²) >= 11 is 0. The minimum atomic E-state index is -0.601. The Balaban J connectivity index is 1.49. The second-order valence-electron chi connectivity index (χ2n) is 16.8. The molecule has 0 aliphatic rings. The molecule has 0 N–H and O–H groups in total. The van der Waals surface area contributed by atoms with Crippen LogP contribution >= 0.6 is 0 Å². The van der Waals surface area contributed by atoms with Gasteiger partial charge in [0.05, 0.1) is 30.3 Å². The highest BCUT2D eigenvalue weighted by Gasteiger charge is 2.30. The van der Waals surface area contributed by atoms with Crippen molar-refractivity contribution in [3.8, 4) is 0 Å². The number of aromatic nitrogens is 4. The Morgan fingerprint density at radius 2 is 1.58 bits per heavy atom. The Hall–Kier alpha value is -4.14. The Kier molecular flexibility index (Phi) is 20.9. The van der Waals surface area contributed by atoms with Gasteiger partial charge in [-0.2, -0.15) is 0 Å². The molecule has 0 aliphatic heterocycles. The van der Waals surface area contributed by atoms with Gasteiger partial charge < -0.3 is 18.8 Å². The van der Waals surface area contributed by atoms with Crippen molar-refractivity contribution in [2.24, 2.45) is 18.9 Å². The van der Waals surface area contributed by atoms with Crippen LogP contribution in [0.4, 0.5) is 4.79 Å². The fourth-order valence-corrected chi connectivity index (χ4v) is 7.27. The molecule has 3 rings (SSSR count). The van der Waals surface area contributed by atoms with Crippen LogP contribution in [0.1, 0.15) is 172 Å². The second kappa shape index (κ2) is 25.3. The van der Waals surface area contributed by atoms with Crippen molar-refractivity contribution in [1.82, 2.24) is 19.1 Å². The van der Waals surface area contributed by atoms with Crippen LogP contribution in [0.5, 0.6) is 0 Å². The predicted molar refractivity (Wildman–Crippen MR) is 231 cm³/mol. The Morgan fingerprint density at radius 3 is 2.21 bits per heavy atom. The monoisotopic (exact) mass is 787 g/mol. The first-order valence-electron chi connectivity index (χ1n) is 21.8. The Labute approximate surface area is 344 Å². The number of carbonyl (C=O) groups excluding carboxylic acids is 2. The number of hydrogen-bond acceptors (Lipinski definition) is 7. The molecule has 2 heterocycles. The Morgan fingerprint density at radius 1 is 0.912 bits per heavy atom. The molecule has 0 saturated heterocycles. The topological polar surface area (TPSA) is 97.5 Å². The smallest absolute Gasteiger partial charge is 0.419 e. The summed E-state index contributed by atoms with van der Waals surface area (Å²) in [5.74, 6) is 0.00422. The molecular formula is C48H74N4O5. The maximum Gasteiger partial charge on any atom is 0.419 e. The number of nitrogens with zero attached hydrogens (tertiary/aromatic N) is 4. The molecule has 0 amide bonds. The van der Waals surface area contributed by atoms with Crippen molar-refractivity contribution in [2.45, 2.75) is 169 Å². The highest BCUT2D eigenvalue weighted by molar-refractivity contribution is 5.73. The first-order chi connectivity index (χ1) is 27.3. The van der Waals surface area contributed by atoms with Gasteiger partial charge >= 0.3 is 12.1 Å². The fourth-order valence-electron chi connectivity index (χ4n) is 7.27. The van der Waals surface area contributed by atoms with Gasteiger partial charge in [-0.3, -0.25) is 4.79 Å². The normalized spacial score (nSPS) is 13.4. The molecule has 0 fully saturated rings. The van der Waals surface area contributed by atoms with Crippen molar-refractivity contribution >= 4 is 12.1 Å². The summed E-state index contributed by atoms with van der Waals surface area (Å²) in [5, 5.41) is 0. The number of hydrogen-bond donors (Lipinski definition) is 0. The lowest BCUT2D eigenvalue weighted by Crippen LogP contribution is -2.30. The van der Waals surface area contributed by atoms with Gasteiger partial charge in [0.1, 0.15) is 18.5 Å². The van der Waals surface area contributed by atoms with E-state index >= 15 is 0 Å². The van der Waals surface area contributed by atoms with Gasteiger partial charge in [0.25, 0.3) is 0 Å². The summed E-state index contributed by atoms with van der Waals surface area (Å²) in [6.07, 6.45) is 29.8. The lowest BCUT2D eigenvalue weighted by Gasteiger charge is -2.26. The third-order valence-corrected chi connectivity index (χ3v) is 10.9. The summed E-state index contributed by atoms with van der Waals surface area (Å²) in [5.41, 5.74) is 4.21. The minimum Gasteiger partial charge on any atom is -0.498 e. The lowest BCUT2D eigenvalue weighted by atomic mass is 9.87. The molecule has 0 spiro atoms. The zero-order valence-electron chi connectivity index (χ0n) is 36.7. The van der Waals surface area contributed by atoms with Crippen LogP contribution in [0.3, 0.4) is 0 Å². The van der Waals surface area contributed by atoms with E-state index in [1.54, 1.807) is 12.5 Å². The third-order valence-electron chi connectivity index (χ3n) is 10.9. The second-order valence-corrected chi connectivity index (χ2v) is 16.8. The number of allylic oxidation sites excluding steroid dienone is 3. The first-order valence-corrected chi connectivity index (χ1v) is 21.8. The molecule has 2 aromatic heterocycles. The van der Waals surface area contributed by atoms with Gasteiger partial charge in [-0.25, -0.2) is 19.3 Å². The van der Waals surface area contributed by atoms with Crippen molar-refractivity contribution in [3.63, 3.8) is 0 Å². The summed E-state index contributed by atoms with van der Waals surface area (Å²) in [4.78, 5) is 35.2. The van der Waals surface area contributed by atoms with Crippen molar-refractivity contribution < 1.29 is 23.8 Å². The van der Waals surface area contributed by atoms with E-state index in [9.17, 15) is 9.59 Å². The van der Waals surface area contributed by atoms with Gasteiger partial charge in [0, 0.05) is 43.4 Å². The van der Waals surface area contributed by atoms with E-state index < -0.39 is 11.7 Å². The van der Waals surface area contributed by atoms with Gasteiger partial charge in [0.15, 0.2) is 0 Å². The van der Waals surface area contributed by atoms with Gasteiger partial charge in [0.2, 0.25) is 0 Å². The molecule has 3 aromatic rings. The average Bonchev–Trinajstić information content (AvgIpc) is 3.83. The van der Waals surface area contributed by atoms with Crippen LogP contribution in [0.2, 0.25) is 0 Å². The highest BCUT2D eigenvalue weighted by atomic mass is 16.6. The Bertz CT molecular complexity index is 1660. The number of esters is 1. The quantitative estimate of drug-likeness (QED) is 0.0328. The molecule has 3 atom stereocenters. The fraction of sp³-hybridized carbons (Fsp3) is 0.625. The van der Waals surface area contributed by atoms with Crippen LogP contribution in [-0.4, -0.2) is 43.4 Å². The van der Waals surface area contributed by atoms with Crippen LogP contribution in [0.15, 0.2) is 67.7 Å². The van der Waals surface area contributed by atoms with Crippen molar-refractivity contribution in [2.75, 3.05) is 6.61 Å². The maximum atomic E-state index is 13.8. The molecule has 9 heteroatoms. The van der Waals surface area contributed by atoms with E-state index in [-0.39, 0.29) is 30.3 Å². The zero-order valence-corrected chi connectivity index (χ0v) is 36.7. The summed E-state index contributed by atoms with van der Waals surface area (Å²) in [6, 6.07) is 6.02. The molecule has 57 heavy (non-hydrogen) atoms. The number of rotatable bonds is 27. The molecule has 1 aromatic carbocycles. The third kappa shape index (κ3) is 17.1. The molecule has 0 saturated carbocycles. The van der Waals surface area contributed by atoms with E-state index in [0.29, 0.717) is 19.4 Å². The molecule has 316 valence electrons. The SMILES string of the molecule is C=C(CCCCCCC/C=C\CCCCCCCC)OCC(Cc1cncn1C)C(CC)C(=O)OCc1cccc([C@H](C)c2cn(C(=O)OC(C)(C)C)cn2)c1C. The van der Waals surface area contributed by atoms with Crippen molar-refractivity contribution in [1.29, 1.82) is 0 Å². The number of carbonyl (C=O) groups is 2. The van der Waals surface area contributed by atoms with E-state index in [0.717, 1.165) is 46.7 Å². The zero-order chi connectivity index (χ0) is 41.6. The van der Waals surface area contributed by atoms with E-state index in [1.165, 1.54) is 87.9 Å². The number of unbranched alkanes of at least 4 members (excludes halogenated alkanes) is 11. The first kappa shape index (κ1) is 47.2. The van der Waals surface area contributed by atoms with Crippen LogP contribution in [-0.2, 0) is 39.1 Å². The van der Waals surface area contributed by atoms with Crippen LogP contribution in [0.25, 0.3) is 0 Å². The number of benzene rings is 1. The van der Waals surface area contributed by atoms with Crippen LogP contribution in [0, 0.1) is 18.8 Å². The number of imidazole rings is 2. The molecule has 2 unspecified atom stereocenters. The molecule has 0 bridgehead atoms. The molecule has 9 nitrogen and oxygen atoms in total. The highest BCUT2D eigenvalue weighted by Crippen LogP contribution is 2.29. The van der Waals surface area contributed by atoms with Gasteiger partial charge in [-0.15, -0.1) is 0 Å². The van der Waals surface area contributed by atoms with E-state index in [2.05, 4.69) is 48.6 Å². The van der Waals surface area contributed by atoms with Crippen molar-refractivity contribution in [3.05, 3.63) is 95.8 Å². The average molecular weight is 787 g/mol. The van der Waals surface area contributed by atoms with E-state index in [1.807, 2.05) is 64.6 Å². The summed E-state index contributed by atoms with van der Waals surface area (Å²) in [7, 11) is 1.98. The molecular weight excluding hydrogens is 713 g/mol. The number of aryl methyl sites for hydroxylation is 1. The van der Waals surface area contributed by atoms with E-state index in [4.69, 9.17) is 14.2 Å². The molecule has 0 aliphatic carbocycles. The maximum absolute atomic E-state index is 13.8. The van der Waals surface area contributed by atoms with Crippen LogP contribution < -0.4 is 0 Å². The predicted octanol–water partition coefficient (Wildman–Crippen LogP) is 12.4. The standard InChI is InChI=1S/C48H74N4O5/c1-10-12-13-14-15-16-17-18-19-20-21-22-23-24-25-27-37(3)55-34-41(30-42-31-49-35-51(42)9)43(11-2)46(53)56-33-40-28-26-29-44(38(40)4)39(5)45-32-52(36-50-45)47(54)57-48(6,7)8/h18-19,26,28-29,31-32,35-36,39,41,43H,3,10-17,20-25,27,30,33-34H2,1-2,4-9H3/b19-18-/t39-,41?,43?/m0/s1. The summed E-state index contributed by atoms with van der Waals surface area (Å²) in [6.45, 7) is 18.7.